The van der Waals surface area contributed by atoms with E-state index in [0.717, 1.165) is 12.8 Å². The second-order valence-electron chi connectivity index (χ2n) is 9.29. The van der Waals surface area contributed by atoms with Gasteiger partial charge < -0.3 is 34.4 Å². The third-order valence-corrected chi connectivity index (χ3v) is 5.76. The minimum Gasteiger partial charge on any atom is -0.491 e. The van der Waals surface area contributed by atoms with Crippen molar-refractivity contribution in [2.24, 2.45) is 0 Å². The average Bonchev–Trinajstić information content (AvgIpc) is 2.76. The van der Waals surface area contributed by atoms with Crippen molar-refractivity contribution < 1.29 is 28.9 Å². The summed E-state index contributed by atoms with van der Waals surface area (Å²) in [4.78, 5) is 32.3. The number of amides is 1. The normalized spacial score (nSPS) is 19.8. The molecule has 1 atom stereocenters. The molecule has 184 valence electrons. The number of hydrogen-bond acceptors (Lipinski definition) is 8. The van der Waals surface area contributed by atoms with Crippen molar-refractivity contribution in [3.8, 4) is 5.75 Å². The average molecular weight is 485 g/mol. The Balaban J connectivity index is 1.73. The van der Waals surface area contributed by atoms with Gasteiger partial charge in [0.05, 0.1) is 6.04 Å². The Morgan fingerprint density at radius 2 is 2.06 bits per heavy atom. The number of halogens is 1. The molecule has 0 bridgehead atoms. The fourth-order valence-electron chi connectivity index (χ4n) is 3.92. The van der Waals surface area contributed by atoms with Gasteiger partial charge in [-0.25, -0.2) is 14.6 Å². The Kier molecular flexibility index (Phi) is 8.25. The predicted molar refractivity (Wildman–Crippen MR) is 124 cm³/mol. The van der Waals surface area contributed by atoms with Crippen LogP contribution in [0.3, 0.4) is 0 Å². The molecule has 1 aromatic rings. The van der Waals surface area contributed by atoms with Crippen molar-refractivity contribution in [2.75, 3.05) is 51.4 Å². The van der Waals surface area contributed by atoms with E-state index in [0.29, 0.717) is 32.8 Å². The zero-order chi connectivity index (χ0) is 24.2. The van der Waals surface area contributed by atoms with E-state index in [4.69, 9.17) is 25.8 Å². The van der Waals surface area contributed by atoms with E-state index in [2.05, 4.69) is 10.3 Å². The minimum atomic E-state index is -1.14. The quantitative estimate of drug-likeness (QED) is 0.588. The number of anilines is 1. The number of nitrogens with zero attached hydrogens (tertiary/aromatic N) is 3. The molecule has 1 unspecified atom stereocenters. The molecule has 2 saturated heterocycles. The number of nitrogens with one attached hydrogen (secondary N) is 1. The Hall–Kier alpha value is -2.30. The summed E-state index contributed by atoms with van der Waals surface area (Å²) in [7, 11) is 1.81. The van der Waals surface area contributed by atoms with Gasteiger partial charge in [0.2, 0.25) is 0 Å². The van der Waals surface area contributed by atoms with Crippen LogP contribution in [-0.4, -0.2) is 91.2 Å². The largest absolute Gasteiger partial charge is 0.491 e. The Bertz CT molecular complexity index is 856. The van der Waals surface area contributed by atoms with Crippen LogP contribution in [0.2, 0.25) is 5.15 Å². The summed E-state index contributed by atoms with van der Waals surface area (Å²) in [6, 6.07) is 1.32. The zero-order valence-electron chi connectivity index (χ0n) is 19.6. The molecule has 2 aliphatic heterocycles. The molecule has 0 aliphatic carbocycles. The molecule has 2 aliphatic rings. The van der Waals surface area contributed by atoms with Gasteiger partial charge in [0.15, 0.2) is 0 Å². The van der Waals surface area contributed by atoms with Gasteiger partial charge in [-0.3, -0.25) is 0 Å². The maximum Gasteiger partial charge on any atom is 0.410 e. The van der Waals surface area contributed by atoms with Crippen LogP contribution in [-0.2, 0) is 9.47 Å². The standard InChI is InChI=1S/C22H33ClN4O6/c1-22(2,3)33-21(30)27-8-7-24-14(12-27)13-32-16-11-17(23)25-19(18(16)20(28)29)26(4)15-5-9-31-10-6-15/h11,14-15,24H,5-10,12-13H2,1-4H3,(H,28,29). The van der Waals surface area contributed by atoms with Crippen LogP contribution < -0.4 is 15.0 Å². The first-order chi connectivity index (χ1) is 15.5. The maximum absolute atomic E-state index is 12.4. The first kappa shape index (κ1) is 25.3. The van der Waals surface area contributed by atoms with E-state index in [9.17, 15) is 14.7 Å². The Morgan fingerprint density at radius 1 is 1.36 bits per heavy atom. The van der Waals surface area contributed by atoms with Gasteiger partial charge in [0, 0.05) is 52.0 Å². The molecule has 10 nitrogen and oxygen atoms in total. The van der Waals surface area contributed by atoms with Gasteiger partial charge in [-0.1, -0.05) is 11.6 Å². The van der Waals surface area contributed by atoms with Gasteiger partial charge in [0.25, 0.3) is 0 Å². The van der Waals surface area contributed by atoms with Crippen LogP contribution in [0.5, 0.6) is 5.75 Å². The Labute approximate surface area is 199 Å². The van der Waals surface area contributed by atoms with Crippen LogP contribution in [0.1, 0.15) is 44.0 Å². The molecule has 1 amide bonds. The number of hydrogen-bond donors (Lipinski definition) is 2. The molecular formula is C22H33ClN4O6. The first-order valence-corrected chi connectivity index (χ1v) is 11.5. The smallest absolute Gasteiger partial charge is 0.410 e. The fraction of sp³-hybridized carbons (Fsp3) is 0.682. The van der Waals surface area contributed by atoms with E-state index in [1.165, 1.54) is 6.07 Å². The third kappa shape index (κ3) is 6.84. The SMILES string of the molecule is CN(c1nc(Cl)cc(OCC2CN(C(=O)OC(C)(C)C)CCN2)c1C(=O)O)C1CCOCC1. The minimum absolute atomic E-state index is 0.0341. The van der Waals surface area contributed by atoms with Crippen LogP contribution in [0.15, 0.2) is 6.07 Å². The number of ether oxygens (including phenoxy) is 3. The van der Waals surface area contributed by atoms with E-state index in [-0.39, 0.29) is 47.1 Å². The lowest BCUT2D eigenvalue weighted by Gasteiger charge is -2.35. The first-order valence-electron chi connectivity index (χ1n) is 11.1. The number of carbonyl (C=O) groups excluding carboxylic acids is 1. The number of pyridine rings is 1. The topological polar surface area (TPSA) is 113 Å². The van der Waals surface area contributed by atoms with Crippen molar-refractivity contribution in [3.05, 3.63) is 16.8 Å². The zero-order valence-corrected chi connectivity index (χ0v) is 20.4. The molecule has 11 heteroatoms. The number of rotatable bonds is 6. The number of piperazine rings is 1. The summed E-state index contributed by atoms with van der Waals surface area (Å²) in [5, 5.41) is 13.4. The number of aromatic nitrogens is 1. The third-order valence-electron chi connectivity index (χ3n) is 5.57. The van der Waals surface area contributed by atoms with Gasteiger partial charge in [-0.15, -0.1) is 0 Å². The van der Waals surface area contributed by atoms with Crippen molar-refractivity contribution in [3.63, 3.8) is 0 Å². The lowest BCUT2D eigenvalue weighted by Crippen LogP contribution is -2.55. The van der Waals surface area contributed by atoms with Gasteiger partial charge >= 0.3 is 12.1 Å². The predicted octanol–water partition coefficient (Wildman–Crippen LogP) is 2.64. The Morgan fingerprint density at radius 3 is 2.70 bits per heavy atom. The van der Waals surface area contributed by atoms with Gasteiger partial charge in [-0.05, 0) is 33.6 Å². The summed E-state index contributed by atoms with van der Waals surface area (Å²) in [6.45, 7) is 8.33. The summed E-state index contributed by atoms with van der Waals surface area (Å²) < 4.78 is 16.8. The molecule has 33 heavy (non-hydrogen) atoms. The number of carboxylic acids is 1. The van der Waals surface area contributed by atoms with Crippen LogP contribution in [0, 0.1) is 0 Å². The highest BCUT2D eigenvalue weighted by atomic mass is 35.5. The molecule has 0 aromatic carbocycles. The van der Waals surface area contributed by atoms with Gasteiger partial charge in [0.1, 0.15) is 34.5 Å². The summed E-state index contributed by atoms with van der Waals surface area (Å²) in [5.41, 5.74) is -0.612. The molecule has 2 fully saturated rings. The lowest BCUT2D eigenvalue weighted by atomic mass is 10.1. The van der Waals surface area contributed by atoms with Crippen LogP contribution in [0.4, 0.5) is 10.6 Å². The monoisotopic (exact) mass is 484 g/mol. The molecule has 1 aromatic heterocycles. The molecule has 2 N–H and O–H groups in total. The van der Waals surface area contributed by atoms with Crippen molar-refractivity contribution in [2.45, 2.75) is 51.3 Å². The van der Waals surface area contributed by atoms with Crippen LogP contribution in [0.25, 0.3) is 0 Å². The van der Waals surface area contributed by atoms with E-state index >= 15 is 0 Å². The summed E-state index contributed by atoms with van der Waals surface area (Å²) >= 11 is 6.24. The van der Waals surface area contributed by atoms with E-state index < -0.39 is 11.6 Å². The van der Waals surface area contributed by atoms with Crippen molar-refractivity contribution >= 4 is 29.5 Å². The van der Waals surface area contributed by atoms with E-state index in [1.807, 2.05) is 32.7 Å². The number of carboxylic acid groups (broad SMARTS) is 1. The number of carbonyl (C=O) groups is 2. The van der Waals surface area contributed by atoms with E-state index in [1.54, 1.807) is 4.90 Å². The highest BCUT2D eigenvalue weighted by molar-refractivity contribution is 6.29. The highest BCUT2D eigenvalue weighted by Crippen LogP contribution is 2.33. The second-order valence-corrected chi connectivity index (χ2v) is 9.68. The van der Waals surface area contributed by atoms with Crippen LogP contribution >= 0.6 is 11.6 Å². The molecular weight excluding hydrogens is 452 g/mol. The molecule has 0 radical (unpaired) electrons. The molecule has 3 rings (SSSR count). The van der Waals surface area contributed by atoms with Crippen molar-refractivity contribution in [1.82, 2.24) is 15.2 Å². The molecule has 0 saturated carbocycles. The highest BCUT2D eigenvalue weighted by Gasteiger charge is 2.30. The van der Waals surface area contributed by atoms with Crippen molar-refractivity contribution in [1.29, 1.82) is 0 Å². The maximum atomic E-state index is 12.4. The molecule has 0 spiro atoms. The molecule has 3 heterocycles. The summed E-state index contributed by atoms with van der Waals surface area (Å²) in [5.74, 6) is -0.730. The van der Waals surface area contributed by atoms with Gasteiger partial charge in [-0.2, -0.15) is 0 Å². The second kappa shape index (κ2) is 10.8. The summed E-state index contributed by atoms with van der Waals surface area (Å²) in [6.07, 6.45) is 1.16. The fourth-order valence-corrected chi connectivity index (χ4v) is 4.09. The lowest BCUT2D eigenvalue weighted by molar-refractivity contribution is 0.0178. The number of aromatic carboxylic acids is 1.